The fraction of sp³-hybridized carbons (Fsp3) is 0.182. The molecule has 0 aliphatic rings. The highest BCUT2D eigenvalue weighted by molar-refractivity contribution is 6.31. The summed E-state index contributed by atoms with van der Waals surface area (Å²) >= 11 is 5.99. The topological polar surface area (TPSA) is 80.6 Å². The zero-order valence-corrected chi connectivity index (χ0v) is 16.7. The van der Waals surface area contributed by atoms with Gasteiger partial charge in [-0.25, -0.2) is 0 Å². The van der Waals surface area contributed by atoms with E-state index in [4.69, 9.17) is 20.8 Å². The molecule has 0 saturated carbocycles. The number of carbonyl (C=O) groups is 2. The SMILES string of the molecule is Cc1cc(OCCCC(=O)Nc2ccc(NC(=O)c3ccco3)cc2)ccc1Cl. The van der Waals surface area contributed by atoms with Gasteiger partial charge in [0, 0.05) is 22.8 Å². The molecule has 7 heteroatoms. The minimum absolute atomic E-state index is 0.103. The van der Waals surface area contributed by atoms with Gasteiger partial charge >= 0.3 is 0 Å². The van der Waals surface area contributed by atoms with Crippen LogP contribution in [-0.2, 0) is 4.79 Å². The van der Waals surface area contributed by atoms with E-state index in [0.29, 0.717) is 35.8 Å². The number of ether oxygens (including phenoxy) is 1. The second-order valence-corrected chi connectivity index (χ2v) is 6.83. The number of carbonyl (C=O) groups excluding carboxylic acids is 2. The number of amides is 2. The van der Waals surface area contributed by atoms with Crippen LogP contribution in [0.5, 0.6) is 5.75 Å². The molecule has 0 spiro atoms. The summed E-state index contributed by atoms with van der Waals surface area (Å²) in [7, 11) is 0. The van der Waals surface area contributed by atoms with E-state index in [1.54, 1.807) is 42.5 Å². The molecule has 2 N–H and O–H groups in total. The summed E-state index contributed by atoms with van der Waals surface area (Å²) in [5.74, 6) is 0.536. The van der Waals surface area contributed by atoms with Gasteiger partial charge in [0.15, 0.2) is 5.76 Å². The third-order valence-electron chi connectivity index (χ3n) is 4.12. The molecule has 0 atom stereocenters. The van der Waals surface area contributed by atoms with Gasteiger partial charge in [-0.1, -0.05) is 11.6 Å². The highest BCUT2D eigenvalue weighted by atomic mass is 35.5. The Bertz CT molecular complexity index is 969. The summed E-state index contributed by atoms with van der Waals surface area (Å²) < 4.78 is 10.7. The quantitative estimate of drug-likeness (QED) is 0.492. The summed E-state index contributed by atoms with van der Waals surface area (Å²) in [6, 6.07) is 15.6. The van der Waals surface area contributed by atoms with E-state index in [0.717, 1.165) is 11.3 Å². The van der Waals surface area contributed by atoms with Gasteiger partial charge in [-0.15, -0.1) is 0 Å². The van der Waals surface area contributed by atoms with Crippen molar-refractivity contribution < 1.29 is 18.7 Å². The first-order valence-corrected chi connectivity index (χ1v) is 9.53. The van der Waals surface area contributed by atoms with Gasteiger partial charge < -0.3 is 19.8 Å². The summed E-state index contributed by atoms with van der Waals surface area (Å²) in [6.45, 7) is 2.35. The van der Waals surface area contributed by atoms with Gasteiger partial charge in [-0.2, -0.15) is 0 Å². The van der Waals surface area contributed by atoms with Crippen LogP contribution < -0.4 is 15.4 Å². The number of nitrogens with one attached hydrogen (secondary N) is 2. The van der Waals surface area contributed by atoms with E-state index < -0.39 is 0 Å². The van der Waals surface area contributed by atoms with Crippen LogP contribution in [0.2, 0.25) is 5.02 Å². The Labute approximate surface area is 173 Å². The Balaban J connectivity index is 1.39. The summed E-state index contributed by atoms with van der Waals surface area (Å²) in [5.41, 5.74) is 2.21. The Morgan fingerprint density at radius 2 is 1.76 bits per heavy atom. The van der Waals surface area contributed by atoms with Crippen molar-refractivity contribution in [3.8, 4) is 5.75 Å². The van der Waals surface area contributed by atoms with Crippen LogP contribution in [0.15, 0.2) is 65.3 Å². The number of hydrogen-bond acceptors (Lipinski definition) is 4. The van der Waals surface area contributed by atoms with Crippen molar-refractivity contribution in [1.82, 2.24) is 0 Å². The molecule has 2 aromatic carbocycles. The third-order valence-corrected chi connectivity index (χ3v) is 4.54. The maximum Gasteiger partial charge on any atom is 0.291 e. The average molecular weight is 413 g/mol. The second-order valence-electron chi connectivity index (χ2n) is 6.42. The van der Waals surface area contributed by atoms with E-state index in [2.05, 4.69) is 10.6 Å². The minimum atomic E-state index is -0.331. The van der Waals surface area contributed by atoms with Gasteiger partial charge in [0.2, 0.25) is 5.91 Å². The van der Waals surface area contributed by atoms with E-state index in [-0.39, 0.29) is 17.6 Å². The minimum Gasteiger partial charge on any atom is -0.494 e. The van der Waals surface area contributed by atoms with Crippen molar-refractivity contribution in [3.63, 3.8) is 0 Å². The molecule has 0 bridgehead atoms. The van der Waals surface area contributed by atoms with Crippen molar-refractivity contribution in [2.24, 2.45) is 0 Å². The van der Waals surface area contributed by atoms with Crippen LogP contribution >= 0.6 is 11.6 Å². The number of rotatable bonds is 8. The molecule has 2 amide bonds. The molecule has 150 valence electrons. The van der Waals surface area contributed by atoms with Crippen molar-refractivity contribution in [2.45, 2.75) is 19.8 Å². The molecule has 6 nitrogen and oxygen atoms in total. The van der Waals surface area contributed by atoms with E-state index in [1.165, 1.54) is 6.26 Å². The van der Waals surface area contributed by atoms with Crippen LogP contribution in [0.3, 0.4) is 0 Å². The molecule has 1 aromatic heterocycles. The predicted molar refractivity (Wildman–Crippen MR) is 113 cm³/mol. The first-order valence-electron chi connectivity index (χ1n) is 9.15. The second kappa shape index (κ2) is 9.80. The van der Waals surface area contributed by atoms with Crippen LogP contribution in [-0.4, -0.2) is 18.4 Å². The molecule has 0 radical (unpaired) electrons. The van der Waals surface area contributed by atoms with Gasteiger partial charge in [-0.3, -0.25) is 9.59 Å². The fourth-order valence-electron chi connectivity index (χ4n) is 2.59. The first kappa shape index (κ1) is 20.5. The Morgan fingerprint density at radius 3 is 2.41 bits per heavy atom. The molecule has 0 aliphatic carbocycles. The molecule has 0 fully saturated rings. The molecule has 3 rings (SSSR count). The standard InChI is InChI=1S/C22H21ClN2O4/c1-15-14-18(10-11-19(15)23)28-12-3-5-21(26)24-16-6-8-17(9-7-16)25-22(27)20-4-2-13-29-20/h2,4,6-11,13-14H,3,5,12H2,1H3,(H,24,26)(H,25,27). The lowest BCUT2D eigenvalue weighted by atomic mass is 10.2. The zero-order valence-electron chi connectivity index (χ0n) is 15.9. The fourth-order valence-corrected chi connectivity index (χ4v) is 2.71. The van der Waals surface area contributed by atoms with E-state index >= 15 is 0 Å². The number of benzene rings is 2. The smallest absolute Gasteiger partial charge is 0.291 e. The van der Waals surface area contributed by atoms with Crippen LogP contribution in [0.25, 0.3) is 0 Å². The van der Waals surface area contributed by atoms with Crippen LogP contribution in [0.4, 0.5) is 11.4 Å². The highest BCUT2D eigenvalue weighted by Crippen LogP contribution is 2.21. The van der Waals surface area contributed by atoms with Gasteiger partial charge in [0.1, 0.15) is 5.75 Å². The number of hydrogen-bond donors (Lipinski definition) is 2. The first-order chi connectivity index (χ1) is 14.0. The number of furan rings is 1. The molecule has 0 unspecified atom stereocenters. The van der Waals surface area contributed by atoms with Gasteiger partial charge in [0.25, 0.3) is 5.91 Å². The molecule has 0 aliphatic heterocycles. The Kier molecular flexibility index (Phi) is 6.92. The molecule has 1 heterocycles. The Morgan fingerprint density at radius 1 is 1.03 bits per heavy atom. The lowest BCUT2D eigenvalue weighted by Gasteiger charge is -2.09. The number of aryl methyl sites for hydroxylation is 1. The van der Waals surface area contributed by atoms with Crippen molar-refractivity contribution in [2.75, 3.05) is 17.2 Å². The third kappa shape index (κ3) is 6.12. The highest BCUT2D eigenvalue weighted by Gasteiger charge is 2.09. The monoisotopic (exact) mass is 412 g/mol. The summed E-state index contributed by atoms with van der Waals surface area (Å²) in [4.78, 5) is 24.0. The Hall–Kier alpha value is -3.25. The summed E-state index contributed by atoms with van der Waals surface area (Å²) in [5, 5.41) is 6.24. The van der Waals surface area contributed by atoms with Crippen molar-refractivity contribution in [1.29, 1.82) is 0 Å². The van der Waals surface area contributed by atoms with Crippen LogP contribution in [0.1, 0.15) is 29.0 Å². The number of anilines is 2. The van der Waals surface area contributed by atoms with E-state index in [9.17, 15) is 9.59 Å². The number of halogens is 1. The predicted octanol–water partition coefficient (Wildman–Crippen LogP) is 5.29. The van der Waals surface area contributed by atoms with Crippen molar-refractivity contribution >= 4 is 34.8 Å². The molecular weight excluding hydrogens is 392 g/mol. The average Bonchev–Trinajstić information content (AvgIpc) is 3.24. The lowest BCUT2D eigenvalue weighted by Crippen LogP contribution is -2.13. The zero-order chi connectivity index (χ0) is 20.6. The molecule has 29 heavy (non-hydrogen) atoms. The van der Waals surface area contributed by atoms with Gasteiger partial charge in [-0.05, 0) is 73.5 Å². The van der Waals surface area contributed by atoms with Crippen molar-refractivity contribution in [3.05, 3.63) is 77.2 Å². The maximum atomic E-state index is 12.1. The maximum absolute atomic E-state index is 12.1. The van der Waals surface area contributed by atoms with Crippen LogP contribution in [0, 0.1) is 6.92 Å². The molecule has 0 saturated heterocycles. The van der Waals surface area contributed by atoms with Gasteiger partial charge in [0.05, 0.1) is 12.9 Å². The molecular formula is C22H21ClN2O4. The largest absolute Gasteiger partial charge is 0.494 e. The lowest BCUT2D eigenvalue weighted by molar-refractivity contribution is -0.116. The van der Waals surface area contributed by atoms with E-state index in [1.807, 2.05) is 19.1 Å². The summed E-state index contributed by atoms with van der Waals surface area (Å²) in [6.07, 6.45) is 2.36. The molecule has 3 aromatic rings. The normalized spacial score (nSPS) is 10.4.